The highest BCUT2D eigenvalue weighted by Gasteiger charge is 2.18. The van der Waals surface area contributed by atoms with Crippen molar-refractivity contribution in [1.29, 1.82) is 0 Å². The number of benzene rings is 2. The number of carbonyl (C=O) groups is 2. The molecule has 0 aliphatic heterocycles. The number of ether oxygens (including phenoxy) is 2. The molecule has 0 spiro atoms. The van der Waals surface area contributed by atoms with Crippen LogP contribution in [0.3, 0.4) is 0 Å². The molecule has 1 aromatic heterocycles. The summed E-state index contributed by atoms with van der Waals surface area (Å²) >= 11 is 0. The Labute approximate surface area is 156 Å². The molecule has 0 radical (unpaired) electrons. The van der Waals surface area contributed by atoms with E-state index >= 15 is 0 Å². The third kappa shape index (κ3) is 4.03. The summed E-state index contributed by atoms with van der Waals surface area (Å²) in [6.45, 7) is 3.43. The highest BCUT2D eigenvalue weighted by molar-refractivity contribution is 5.99. The van der Waals surface area contributed by atoms with Crippen molar-refractivity contribution in [3.63, 3.8) is 0 Å². The van der Waals surface area contributed by atoms with E-state index in [9.17, 15) is 9.59 Å². The van der Waals surface area contributed by atoms with Crippen LogP contribution in [0.25, 0.3) is 11.0 Å². The SMILES string of the molecule is COc1ccc2oc(C(=O)NNC(=O)COc3ccccc3C)c(C)c2c1. The first-order chi connectivity index (χ1) is 13.0. The Bertz CT molecular complexity index is 993. The minimum atomic E-state index is -0.549. The van der Waals surface area contributed by atoms with Gasteiger partial charge in [-0.05, 0) is 43.7 Å². The van der Waals surface area contributed by atoms with Gasteiger partial charge < -0.3 is 13.9 Å². The van der Waals surface area contributed by atoms with Gasteiger partial charge in [-0.25, -0.2) is 0 Å². The molecule has 0 aliphatic rings. The van der Waals surface area contributed by atoms with E-state index < -0.39 is 11.8 Å². The normalized spacial score (nSPS) is 10.5. The highest BCUT2D eigenvalue weighted by atomic mass is 16.5. The van der Waals surface area contributed by atoms with Crippen LogP contribution < -0.4 is 20.3 Å². The highest BCUT2D eigenvalue weighted by Crippen LogP contribution is 2.28. The van der Waals surface area contributed by atoms with Crippen LogP contribution in [0.2, 0.25) is 0 Å². The van der Waals surface area contributed by atoms with Gasteiger partial charge in [0.05, 0.1) is 7.11 Å². The monoisotopic (exact) mass is 368 g/mol. The Morgan fingerprint density at radius 2 is 1.85 bits per heavy atom. The molecule has 0 saturated carbocycles. The van der Waals surface area contributed by atoms with Crippen LogP contribution in [-0.2, 0) is 4.79 Å². The number of carbonyl (C=O) groups excluding carboxylic acids is 2. The summed E-state index contributed by atoms with van der Waals surface area (Å²) in [5, 5.41) is 0.772. The molecule has 7 nitrogen and oxygen atoms in total. The van der Waals surface area contributed by atoms with E-state index in [2.05, 4.69) is 10.9 Å². The summed E-state index contributed by atoms with van der Waals surface area (Å²) in [4.78, 5) is 24.2. The van der Waals surface area contributed by atoms with Crippen molar-refractivity contribution in [2.45, 2.75) is 13.8 Å². The number of methoxy groups -OCH3 is 1. The third-order valence-corrected chi connectivity index (χ3v) is 4.12. The lowest BCUT2D eigenvalue weighted by molar-refractivity contribution is -0.123. The molecule has 0 atom stereocenters. The lowest BCUT2D eigenvalue weighted by Crippen LogP contribution is -2.43. The molecule has 2 amide bonds. The number of aryl methyl sites for hydroxylation is 2. The topological polar surface area (TPSA) is 89.8 Å². The van der Waals surface area contributed by atoms with E-state index in [4.69, 9.17) is 13.9 Å². The molecule has 3 rings (SSSR count). The van der Waals surface area contributed by atoms with E-state index in [1.807, 2.05) is 25.1 Å². The van der Waals surface area contributed by atoms with Crippen LogP contribution in [0, 0.1) is 13.8 Å². The molecular formula is C20H20N2O5. The van der Waals surface area contributed by atoms with Gasteiger partial charge in [0.25, 0.3) is 5.91 Å². The molecule has 0 bridgehead atoms. The lowest BCUT2D eigenvalue weighted by atomic mass is 10.1. The second-order valence-corrected chi connectivity index (χ2v) is 5.97. The van der Waals surface area contributed by atoms with E-state index in [1.54, 1.807) is 38.3 Å². The minimum Gasteiger partial charge on any atom is -0.497 e. The van der Waals surface area contributed by atoms with E-state index in [-0.39, 0.29) is 12.4 Å². The average Bonchev–Trinajstić information content (AvgIpc) is 3.01. The van der Waals surface area contributed by atoms with Gasteiger partial charge in [0, 0.05) is 10.9 Å². The Balaban J connectivity index is 1.60. The minimum absolute atomic E-state index is 0.123. The molecule has 2 aromatic carbocycles. The second kappa shape index (κ2) is 7.82. The van der Waals surface area contributed by atoms with Gasteiger partial charge in [0.2, 0.25) is 0 Å². The molecular weight excluding hydrogens is 348 g/mol. The van der Waals surface area contributed by atoms with Crippen molar-refractivity contribution in [3.8, 4) is 11.5 Å². The lowest BCUT2D eigenvalue weighted by Gasteiger charge is -2.09. The number of amides is 2. The van der Waals surface area contributed by atoms with Crippen LogP contribution in [0.4, 0.5) is 0 Å². The van der Waals surface area contributed by atoms with E-state index in [0.717, 1.165) is 10.9 Å². The molecule has 140 valence electrons. The Morgan fingerprint density at radius 3 is 2.59 bits per heavy atom. The fourth-order valence-electron chi connectivity index (χ4n) is 2.62. The maximum atomic E-state index is 12.3. The molecule has 0 unspecified atom stereocenters. The first-order valence-corrected chi connectivity index (χ1v) is 8.34. The van der Waals surface area contributed by atoms with Gasteiger partial charge in [-0.15, -0.1) is 0 Å². The maximum absolute atomic E-state index is 12.3. The van der Waals surface area contributed by atoms with Crippen LogP contribution >= 0.6 is 0 Å². The zero-order valence-corrected chi connectivity index (χ0v) is 15.3. The van der Waals surface area contributed by atoms with Crippen molar-refractivity contribution < 1.29 is 23.5 Å². The number of nitrogens with one attached hydrogen (secondary N) is 2. The number of furan rings is 1. The van der Waals surface area contributed by atoms with E-state index in [1.165, 1.54) is 0 Å². The van der Waals surface area contributed by atoms with Crippen LogP contribution in [0.15, 0.2) is 46.9 Å². The fraction of sp³-hybridized carbons (Fsp3) is 0.200. The molecule has 27 heavy (non-hydrogen) atoms. The number of fused-ring (bicyclic) bond motifs is 1. The summed E-state index contributed by atoms with van der Waals surface area (Å²) in [6, 6.07) is 12.6. The molecule has 1 heterocycles. The van der Waals surface area contributed by atoms with Gasteiger partial charge in [0.15, 0.2) is 12.4 Å². The first-order valence-electron chi connectivity index (χ1n) is 8.34. The summed E-state index contributed by atoms with van der Waals surface area (Å²) in [5.41, 5.74) is 6.79. The van der Waals surface area contributed by atoms with Crippen LogP contribution in [0.1, 0.15) is 21.7 Å². The predicted octanol–water partition coefficient (Wildman–Crippen LogP) is 2.90. The molecule has 7 heteroatoms. The number of hydrazine groups is 1. The molecule has 3 aromatic rings. The van der Waals surface area contributed by atoms with Crippen molar-refractivity contribution in [3.05, 3.63) is 59.4 Å². The van der Waals surface area contributed by atoms with Crippen molar-refractivity contribution in [1.82, 2.24) is 10.9 Å². The summed E-state index contributed by atoms with van der Waals surface area (Å²) in [7, 11) is 1.57. The number of hydrogen-bond acceptors (Lipinski definition) is 5. The fourth-order valence-corrected chi connectivity index (χ4v) is 2.62. The standard InChI is InChI=1S/C20H20N2O5/c1-12-6-4-5-7-16(12)26-11-18(23)21-22-20(24)19-13(2)15-10-14(25-3)8-9-17(15)27-19/h4-10H,11H2,1-3H3,(H,21,23)(H,22,24). The Kier molecular flexibility index (Phi) is 5.30. The Morgan fingerprint density at radius 1 is 1.07 bits per heavy atom. The number of hydrogen-bond donors (Lipinski definition) is 2. The Hall–Kier alpha value is -3.48. The van der Waals surface area contributed by atoms with E-state index in [0.29, 0.717) is 22.6 Å². The summed E-state index contributed by atoms with van der Waals surface area (Å²) in [6.07, 6.45) is 0. The maximum Gasteiger partial charge on any atom is 0.305 e. The summed E-state index contributed by atoms with van der Waals surface area (Å²) in [5.74, 6) is 0.369. The summed E-state index contributed by atoms with van der Waals surface area (Å²) < 4.78 is 16.2. The zero-order valence-electron chi connectivity index (χ0n) is 15.3. The van der Waals surface area contributed by atoms with Gasteiger partial charge in [0.1, 0.15) is 17.1 Å². The van der Waals surface area contributed by atoms with Crippen molar-refractivity contribution in [2.75, 3.05) is 13.7 Å². The van der Waals surface area contributed by atoms with Gasteiger partial charge >= 0.3 is 5.91 Å². The first kappa shape index (κ1) is 18.3. The molecule has 0 aliphatic carbocycles. The quantitative estimate of drug-likeness (QED) is 0.676. The smallest absolute Gasteiger partial charge is 0.305 e. The van der Waals surface area contributed by atoms with Crippen LogP contribution in [-0.4, -0.2) is 25.5 Å². The number of rotatable bonds is 5. The van der Waals surface area contributed by atoms with Crippen LogP contribution in [0.5, 0.6) is 11.5 Å². The average molecular weight is 368 g/mol. The van der Waals surface area contributed by atoms with Gasteiger partial charge in [-0.1, -0.05) is 18.2 Å². The number of para-hydroxylation sites is 1. The molecule has 2 N–H and O–H groups in total. The van der Waals surface area contributed by atoms with Gasteiger partial charge in [-0.2, -0.15) is 0 Å². The van der Waals surface area contributed by atoms with Crippen molar-refractivity contribution >= 4 is 22.8 Å². The zero-order chi connectivity index (χ0) is 19.4. The molecule has 0 saturated heterocycles. The van der Waals surface area contributed by atoms with Gasteiger partial charge in [-0.3, -0.25) is 20.4 Å². The molecule has 0 fully saturated rings. The largest absolute Gasteiger partial charge is 0.497 e. The predicted molar refractivity (Wildman–Crippen MR) is 99.8 cm³/mol. The van der Waals surface area contributed by atoms with Crippen molar-refractivity contribution in [2.24, 2.45) is 0 Å². The third-order valence-electron chi connectivity index (χ3n) is 4.12. The second-order valence-electron chi connectivity index (χ2n) is 5.97.